The van der Waals surface area contributed by atoms with Gasteiger partial charge in [0.1, 0.15) is 0 Å². The molecule has 5 nitrogen and oxygen atoms in total. The van der Waals surface area contributed by atoms with Crippen LogP contribution in [0.4, 0.5) is 0 Å². The van der Waals surface area contributed by atoms with Gasteiger partial charge < -0.3 is 4.90 Å². The van der Waals surface area contributed by atoms with Gasteiger partial charge in [-0.1, -0.05) is 51.0 Å². The van der Waals surface area contributed by atoms with Crippen LogP contribution >= 0.6 is 0 Å². The van der Waals surface area contributed by atoms with E-state index in [-0.39, 0.29) is 0 Å². The van der Waals surface area contributed by atoms with Crippen molar-refractivity contribution in [2.24, 2.45) is 5.10 Å². The van der Waals surface area contributed by atoms with E-state index in [0.29, 0.717) is 19.0 Å². The Morgan fingerprint density at radius 3 is 2.26 bits per heavy atom. The van der Waals surface area contributed by atoms with Gasteiger partial charge in [-0.3, -0.25) is 9.59 Å². The molecule has 0 saturated carbocycles. The number of hydrogen-bond acceptors (Lipinski definition) is 3. The minimum absolute atomic E-state index is 0.479. The zero-order chi connectivity index (χ0) is 16.7. The Morgan fingerprint density at radius 1 is 1.09 bits per heavy atom. The number of likely N-dealkylation sites (tertiary alicyclic amines) is 1. The van der Waals surface area contributed by atoms with Gasteiger partial charge in [0.05, 0.1) is 6.21 Å². The summed E-state index contributed by atoms with van der Waals surface area (Å²) in [5, 5.41) is 3.88. The second kappa shape index (κ2) is 8.46. The molecular weight excluding hydrogens is 290 g/mol. The first-order chi connectivity index (χ1) is 11.1. The lowest BCUT2D eigenvalue weighted by atomic mass is 10.0. The summed E-state index contributed by atoms with van der Waals surface area (Å²) in [4.78, 5) is 25.5. The van der Waals surface area contributed by atoms with E-state index in [1.807, 2.05) is 24.3 Å². The summed E-state index contributed by atoms with van der Waals surface area (Å²) in [5.41, 5.74) is 4.46. The molecule has 1 aromatic rings. The first-order valence-electron chi connectivity index (χ1n) is 8.30. The number of hydrazone groups is 1. The van der Waals surface area contributed by atoms with Crippen LogP contribution in [-0.2, 0) is 9.59 Å². The normalized spacial score (nSPS) is 15.7. The summed E-state index contributed by atoms with van der Waals surface area (Å²) >= 11 is 0. The van der Waals surface area contributed by atoms with Crippen molar-refractivity contribution in [3.05, 3.63) is 35.4 Å². The van der Waals surface area contributed by atoms with Gasteiger partial charge in [0.2, 0.25) is 0 Å². The number of rotatable bonds is 3. The molecule has 5 heteroatoms. The summed E-state index contributed by atoms with van der Waals surface area (Å²) < 4.78 is 0. The van der Waals surface area contributed by atoms with Crippen molar-refractivity contribution in [2.75, 3.05) is 13.1 Å². The van der Waals surface area contributed by atoms with Gasteiger partial charge in [-0.2, -0.15) is 5.10 Å². The van der Waals surface area contributed by atoms with Crippen LogP contribution in [0.1, 0.15) is 56.6 Å². The zero-order valence-corrected chi connectivity index (χ0v) is 13.9. The third-order valence-corrected chi connectivity index (χ3v) is 4.07. The molecule has 23 heavy (non-hydrogen) atoms. The Morgan fingerprint density at radius 2 is 1.70 bits per heavy atom. The molecule has 0 radical (unpaired) electrons. The van der Waals surface area contributed by atoms with Crippen LogP contribution in [0.25, 0.3) is 0 Å². The van der Waals surface area contributed by atoms with E-state index in [0.717, 1.165) is 31.2 Å². The van der Waals surface area contributed by atoms with Gasteiger partial charge in [0.25, 0.3) is 0 Å². The van der Waals surface area contributed by atoms with Crippen LogP contribution in [0.5, 0.6) is 0 Å². The number of amides is 2. The third kappa shape index (κ3) is 5.20. The van der Waals surface area contributed by atoms with Crippen LogP contribution in [0.15, 0.2) is 29.4 Å². The second-order valence-electron chi connectivity index (χ2n) is 6.23. The predicted molar refractivity (Wildman–Crippen MR) is 91.3 cm³/mol. The lowest BCUT2D eigenvalue weighted by Crippen LogP contribution is -2.41. The van der Waals surface area contributed by atoms with E-state index in [1.165, 1.54) is 5.56 Å². The Balaban J connectivity index is 1.86. The second-order valence-corrected chi connectivity index (χ2v) is 6.23. The van der Waals surface area contributed by atoms with E-state index in [9.17, 15) is 9.59 Å². The van der Waals surface area contributed by atoms with Crippen molar-refractivity contribution < 1.29 is 9.59 Å². The maximum absolute atomic E-state index is 12.1. The van der Waals surface area contributed by atoms with Crippen molar-refractivity contribution in [3.63, 3.8) is 0 Å². The van der Waals surface area contributed by atoms with E-state index in [1.54, 1.807) is 11.1 Å². The number of carbonyl (C=O) groups excluding carboxylic acids is 2. The summed E-state index contributed by atoms with van der Waals surface area (Å²) in [5.74, 6) is -0.673. The zero-order valence-electron chi connectivity index (χ0n) is 13.9. The van der Waals surface area contributed by atoms with E-state index >= 15 is 0 Å². The molecule has 1 heterocycles. The van der Waals surface area contributed by atoms with Gasteiger partial charge >= 0.3 is 11.8 Å². The largest absolute Gasteiger partial charge is 0.334 e. The molecule has 1 aromatic carbocycles. The summed E-state index contributed by atoms with van der Waals surface area (Å²) in [6.07, 6.45) is 5.72. The third-order valence-electron chi connectivity index (χ3n) is 4.07. The van der Waals surface area contributed by atoms with Crippen LogP contribution in [0.2, 0.25) is 0 Å². The summed E-state index contributed by atoms with van der Waals surface area (Å²) in [6, 6.07) is 7.97. The van der Waals surface area contributed by atoms with Crippen molar-refractivity contribution >= 4 is 18.0 Å². The number of nitrogens with one attached hydrogen (secondary N) is 1. The average Bonchev–Trinajstić information content (AvgIpc) is 2.83. The van der Waals surface area contributed by atoms with Crippen LogP contribution in [0, 0.1) is 0 Å². The van der Waals surface area contributed by atoms with Gasteiger partial charge in [-0.15, -0.1) is 0 Å². The van der Waals surface area contributed by atoms with E-state index < -0.39 is 11.8 Å². The molecule has 1 fully saturated rings. The Hall–Kier alpha value is -2.17. The molecule has 0 aliphatic carbocycles. The van der Waals surface area contributed by atoms with Crippen molar-refractivity contribution in [2.45, 2.75) is 45.4 Å². The number of hydrogen-bond donors (Lipinski definition) is 1. The van der Waals surface area contributed by atoms with Gasteiger partial charge in [0.15, 0.2) is 0 Å². The van der Waals surface area contributed by atoms with Gasteiger partial charge in [0, 0.05) is 13.1 Å². The lowest BCUT2D eigenvalue weighted by Gasteiger charge is -2.18. The topological polar surface area (TPSA) is 61.8 Å². The number of benzene rings is 1. The highest BCUT2D eigenvalue weighted by Crippen LogP contribution is 2.13. The van der Waals surface area contributed by atoms with Crippen LogP contribution in [-0.4, -0.2) is 36.0 Å². The fourth-order valence-electron chi connectivity index (χ4n) is 2.60. The van der Waals surface area contributed by atoms with Gasteiger partial charge in [-0.25, -0.2) is 5.43 Å². The molecule has 0 aromatic heterocycles. The molecule has 0 atom stereocenters. The number of nitrogens with zero attached hydrogens (tertiary/aromatic N) is 2. The van der Waals surface area contributed by atoms with Crippen LogP contribution < -0.4 is 5.43 Å². The maximum Gasteiger partial charge on any atom is 0.329 e. The van der Waals surface area contributed by atoms with E-state index in [4.69, 9.17) is 0 Å². The Bertz CT molecular complexity index is 556. The maximum atomic E-state index is 12.1. The first kappa shape index (κ1) is 17.2. The van der Waals surface area contributed by atoms with E-state index in [2.05, 4.69) is 24.4 Å². The van der Waals surface area contributed by atoms with Crippen LogP contribution in [0.3, 0.4) is 0 Å². The quantitative estimate of drug-likeness (QED) is 0.529. The van der Waals surface area contributed by atoms with Crippen molar-refractivity contribution in [3.8, 4) is 0 Å². The highest BCUT2D eigenvalue weighted by Gasteiger charge is 2.22. The van der Waals surface area contributed by atoms with Crippen molar-refractivity contribution in [1.29, 1.82) is 0 Å². The summed E-state index contributed by atoms with van der Waals surface area (Å²) in [6.45, 7) is 5.59. The molecule has 0 bridgehead atoms. The highest BCUT2D eigenvalue weighted by atomic mass is 16.2. The van der Waals surface area contributed by atoms with Gasteiger partial charge in [-0.05, 0) is 29.9 Å². The Labute approximate surface area is 137 Å². The minimum atomic E-state index is -0.665. The highest BCUT2D eigenvalue weighted by molar-refractivity contribution is 6.35. The standard InChI is InChI=1S/C18H25N3O2/c1-14(2)16-9-7-15(8-10-16)13-19-20-17(22)18(23)21-11-5-3-4-6-12-21/h7-10,13-14H,3-6,11-12H2,1-2H3,(H,20,22)/b19-13-. The first-order valence-corrected chi connectivity index (χ1v) is 8.30. The molecule has 2 amide bonds. The molecular formula is C18H25N3O2. The molecule has 124 valence electrons. The smallest absolute Gasteiger partial charge is 0.329 e. The molecule has 2 rings (SSSR count). The minimum Gasteiger partial charge on any atom is -0.334 e. The fraction of sp³-hybridized carbons (Fsp3) is 0.500. The van der Waals surface area contributed by atoms with Crippen molar-refractivity contribution in [1.82, 2.24) is 10.3 Å². The predicted octanol–water partition coefficient (Wildman–Crippen LogP) is 2.66. The molecule has 0 spiro atoms. The molecule has 1 aliphatic rings. The molecule has 1 N–H and O–H groups in total. The molecule has 1 aliphatic heterocycles. The average molecular weight is 315 g/mol. The number of carbonyl (C=O) groups is 2. The monoisotopic (exact) mass is 315 g/mol. The molecule has 0 unspecified atom stereocenters. The molecule has 1 saturated heterocycles. The lowest BCUT2D eigenvalue weighted by molar-refractivity contribution is -0.145. The Kier molecular flexibility index (Phi) is 6.32. The SMILES string of the molecule is CC(C)c1ccc(/C=N\NC(=O)C(=O)N2CCCCCC2)cc1. The summed E-state index contributed by atoms with van der Waals surface area (Å²) in [7, 11) is 0. The fourth-order valence-corrected chi connectivity index (χ4v) is 2.60.